The number of benzene rings is 1. The minimum atomic E-state index is -1.49. The second kappa shape index (κ2) is 36.6. The highest BCUT2D eigenvalue weighted by atomic mass is 79.9. The number of aliphatic hydroxyl groups is 1. The lowest BCUT2D eigenvalue weighted by molar-refractivity contribution is -0.0303. The summed E-state index contributed by atoms with van der Waals surface area (Å²) in [5, 5.41) is 31.2. The quantitative estimate of drug-likeness (QED) is 0.0604. The van der Waals surface area contributed by atoms with E-state index in [9.17, 15) is 28.4 Å². The molecule has 1 aliphatic carbocycles. The van der Waals surface area contributed by atoms with E-state index in [0.29, 0.717) is 120 Å². The first-order valence-corrected chi connectivity index (χ1v) is 42.4. The second-order valence-corrected chi connectivity index (χ2v) is 40.8. The van der Waals surface area contributed by atoms with E-state index >= 15 is 0 Å². The molecule has 11 rings (SSSR count). The molecule has 5 aromatic heterocycles. The van der Waals surface area contributed by atoms with Gasteiger partial charge in [0.15, 0.2) is 0 Å². The van der Waals surface area contributed by atoms with Crippen LogP contribution >= 0.6 is 95.6 Å². The summed E-state index contributed by atoms with van der Waals surface area (Å²) >= 11 is 19.4. The van der Waals surface area contributed by atoms with Gasteiger partial charge in [0.05, 0.1) is 86.5 Å². The number of imidazole rings is 1. The molecule has 0 unspecified atom stereocenters. The predicted molar refractivity (Wildman–Crippen MR) is 433 cm³/mol. The van der Waals surface area contributed by atoms with Crippen LogP contribution in [0.15, 0.2) is 46.1 Å². The van der Waals surface area contributed by atoms with Crippen LogP contribution in [0.3, 0.4) is 0 Å². The highest BCUT2D eigenvalue weighted by molar-refractivity contribution is 9.11. The third-order valence-electron chi connectivity index (χ3n) is 15.0. The Hall–Kier alpha value is -7.81. The number of rotatable bonds is 6. The third-order valence-corrected chi connectivity index (χ3v) is 19.4. The van der Waals surface area contributed by atoms with E-state index in [0.717, 1.165) is 11.0 Å². The molecule has 4 saturated heterocycles. The lowest BCUT2D eigenvalue weighted by Crippen LogP contribution is -2.54. The van der Waals surface area contributed by atoms with Crippen LogP contribution in [-0.2, 0) is 23.7 Å². The van der Waals surface area contributed by atoms with Gasteiger partial charge in [-0.3, -0.25) is 24.0 Å². The standard InChI is InChI=1S/C18H26BrN5O4.C15H17FN2Si.C13H18BrN5O2.C12H14Br2N4O2.C8H15NO3.C4HBr2N3/c1-17(2,3)27-15(25)22(8)14-12(20-7)13(19)21-24(14)11-9-23(10-11)16(26)28-18(4,5)6;1-19(2,3)7-6-11-8-14-15(9-13(11)16)18(10-17-14)12-4-5-12;1-13(2,3)21-12(20)18-6-8(7-18)19-11(16-5)9(15-4)10(14)17-19;1-12(2,3)20-11(19)17-5-7(6-17)18-10(14)8(15-4)9(13)16-18;1-8(2,3)12-7(11)9-4-6(10)5-9;1-7-2-3(5)8-9-4(2)6/h11H,9-10H2,1-6,8H3;8-10,12H,4-5H2,1-3H3;8,16H,6-7H2,1-3,5H3;7H,5-6H2,1-3H3;6,10H,4-5H2,1-3H3;(H,8,9). The summed E-state index contributed by atoms with van der Waals surface area (Å²) in [4.78, 5) is 85.1. The molecule has 5 amide bonds. The van der Waals surface area contributed by atoms with Gasteiger partial charge in [0, 0.05) is 65.5 Å². The van der Waals surface area contributed by atoms with Crippen molar-refractivity contribution in [1.82, 2.24) is 68.7 Å². The van der Waals surface area contributed by atoms with Gasteiger partial charge in [-0.05, 0) is 218 Å². The van der Waals surface area contributed by atoms with Crippen LogP contribution in [0.25, 0.3) is 30.4 Å². The van der Waals surface area contributed by atoms with Crippen molar-refractivity contribution in [3.05, 3.63) is 103 Å². The molecule has 39 heteroatoms. The number of carbonyl (C=O) groups is 5. The Balaban J connectivity index is 0.000000210. The van der Waals surface area contributed by atoms with Crippen LogP contribution in [0, 0.1) is 43.6 Å². The van der Waals surface area contributed by atoms with Crippen molar-refractivity contribution in [1.29, 1.82) is 0 Å². The number of H-pyrrole nitrogens is 1. The Morgan fingerprint density at radius 2 is 0.972 bits per heavy atom. The number of aliphatic hydroxyl groups excluding tert-OH is 1. The number of β-amino-alcohol motifs (C(OH)–C–C–N with tert-alkyl or cyclic N) is 1. The van der Waals surface area contributed by atoms with Gasteiger partial charge in [-0.2, -0.15) is 20.4 Å². The number of likely N-dealkylation sites (tertiary alicyclic amines) is 4. The van der Waals surface area contributed by atoms with Crippen LogP contribution < -0.4 is 10.2 Å². The Labute approximate surface area is 685 Å². The van der Waals surface area contributed by atoms with E-state index in [1.807, 2.05) is 89.4 Å². The number of hydrogen-bond donors (Lipinski definition) is 3. The second-order valence-electron chi connectivity index (χ2n) is 31.5. The predicted octanol–water partition coefficient (Wildman–Crippen LogP) is 18.0. The molecule has 590 valence electrons. The Morgan fingerprint density at radius 3 is 1.34 bits per heavy atom. The topological polar surface area (TPSA) is 297 Å². The number of aromatic nitrogens is 10. The SMILES string of the molecule is CC(C)(C)OC(=O)N1CC(O)C1.C[Si](C)(C)C#Cc1cc2ncn(C3CC3)c2cc1F.[C-]#[N+]c1c(Br)n[nH]c1Br.[C-]#[N+]c1c(Br)nn(C2CN(C(=O)OC(C)(C)C)C2)c1Br.[C-]#[N+]c1c(Br)nn(C2CN(C(=O)OC(C)(C)C)C2)c1N(C)C(=O)OC(C)(C)C.[C-]#[N+]c1c(Br)nn(C2CN(C(=O)OC(C)(C)C)C2)c1NC. The first-order valence-electron chi connectivity index (χ1n) is 34.1. The van der Waals surface area contributed by atoms with Gasteiger partial charge < -0.3 is 58.3 Å². The fourth-order valence-corrected chi connectivity index (χ4v) is 13.6. The molecule has 0 radical (unpaired) electrons. The smallest absolute Gasteiger partial charge is 0.414 e. The number of nitrogens with zero attached hydrogens (tertiary/aromatic N) is 18. The summed E-state index contributed by atoms with van der Waals surface area (Å²) in [5.41, 5.74) is 4.31. The van der Waals surface area contributed by atoms with Gasteiger partial charge in [0.1, 0.15) is 81.2 Å². The van der Waals surface area contributed by atoms with E-state index in [2.05, 4.69) is 186 Å². The molecule has 1 saturated carbocycles. The zero-order valence-corrected chi connectivity index (χ0v) is 74.9. The number of anilines is 2. The first-order chi connectivity index (χ1) is 50.3. The lowest BCUT2D eigenvalue weighted by Gasteiger charge is -2.40. The van der Waals surface area contributed by atoms with Crippen LogP contribution in [0.2, 0.25) is 19.6 Å². The van der Waals surface area contributed by atoms with Crippen molar-refractivity contribution in [3.63, 3.8) is 0 Å². The number of amides is 5. The molecular weight excluding hydrogens is 1820 g/mol. The van der Waals surface area contributed by atoms with Gasteiger partial charge in [-0.15, -0.1) is 5.54 Å². The molecule has 3 N–H and O–H groups in total. The molecule has 6 aromatic rings. The van der Waals surface area contributed by atoms with E-state index in [-0.39, 0.29) is 54.0 Å². The molecular formula is C70H91Br6FN20O11Si. The molecule has 0 atom stereocenters. The fourth-order valence-electron chi connectivity index (χ4n) is 9.80. The first kappa shape index (κ1) is 90.1. The molecule has 5 aliphatic rings. The van der Waals surface area contributed by atoms with E-state index < -0.39 is 48.3 Å². The van der Waals surface area contributed by atoms with Crippen molar-refractivity contribution in [2.24, 2.45) is 0 Å². The minimum absolute atomic E-state index is 0.0479. The molecule has 0 bridgehead atoms. The number of hydrogen-bond acceptors (Lipinski definition) is 17. The monoisotopic (exact) mass is 1910 g/mol. The zero-order valence-electron chi connectivity index (χ0n) is 64.4. The van der Waals surface area contributed by atoms with E-state index in [1.165, 1.54) is 29.7 Å². The van der Waals surface area contributed by atoms with Crippen LogP contribution in [0.4, 0.5) is 62.7 Å². The molecule has 4 aliphatic heterocycles. The minimum Gasteiger partial charge on any atom is -0.444 e. The Morgan fingerprint density at radius 1 is 0.578 bits per heavy atom. The van der Waals surface area contributed by atoms with E-state index in [1.54, 1.807) is 68.7 Å². The molecule has 5 fully saturated rings. The zero-order chi connectivity index (χ0) is 82.1. The molecule has 0 spiro atoms. The summed E-state index contributed by atoms with van der Waals surface area (Å²) in [6.45, 7) is 65.7. The molecule has 9 heterocycles. The van der Waals surface area contributed by atoms with Crippen LogP contribution in [0.5, 0.6) is 0 Å². The highest BCUT2D eigenvalue weighted by Gasteiger charge is 2.42. The summed E-state index contributed by atoms with van der Waals surface area (Å²) in [7, 11) is 1.80. The fraction of sp³-hybridized carbons (Fsp3) is 0.571. The van der Waals surface area contributed by atoms with Crippen molar-refractivity contribution in [3.8, 4) is 11.5 Å². The van der Waals surface area contributed by atoms with Crippen LogP contribution in [-0.4, -0.2) is 213 Å². The van der Waals surface area contributed by atoms with Crippen molar-refractivity contribution in [2.45, 2.75) is 195 Å². The summed E-state index contributed by atoms with van der Waals surface area (Å²) in [6, 6.07) is 3.80. The van der Waals surface area contributed by atoms with Crippen molar-refractivity contribution < 1.29 is 57.2 Å². The number of halogens is 7. The normalized spacial score (nSPS) is 15.2. The van der Waals surface area contributed by atoms with Gasteiger partial charge in [-0.25, -0.2) is 52.7 Å². The summed E-state index contributed by atoms with van der Waals surface area (Å²) in [6.07, 6.45) is 1.83. The molecule has 31 nitrogen and oxygen atoms in total. The average Bonchev–Trinajstić information content (AvgIpc) is 1.66. The van der Waals surface area contributed by atoms with Crippen molar-refractivity contribution in [2.75, 3.05) is 76.7 Å². The van der Waals surface area contributed by atoms with Gasteiger partial charge in [-0.1, -0.05) is 25.6 Å². The molecule has 109 heavy (non-hydrogen) atoms. The lowest BCUT2D eigenvalue weighted by atomic mass is 10.1. The largest absolute Gasteiger partial charge is 0.444 e. The summed E-state index contributed by atoms with van der Waals surface area (Å²) < 4.78 is 50.8. The van der Waals surface area contributed by atoms with Gasteiger partial charge >= 0.3 is 30.5 Å². The number of nitrogens with one attached hydrogen (secondary N) is 2. The van der Waals surface area contributed by atoms with E-state index in [4.69, 9.17) is 55.1 Å². The third kappa shape index (κ3) is 25.6. The molecule has 1 aromatic carbocycles. The number of carbonyl (C=O) groups excluding carboxylic acids is 5. The average molecular weight is 1920 g/mol. The Bertz CT molecular complexity index is 4530. The maximum atomic E-state index is 14.1. The van der Waals surface area contributed by atoms with Crippen LogP contribution in [0.1, 0.15) is 146 Å². The maximum Gasteiger partial charge on any atom is 0.414 e. The number of fused-ring (bicyclic) bond motifs is 1. The van der Waals surface area contributed by atoms with Gasteiger partial charge in [0.2, 0.25) is 0 Å². The number of aromatic amines is 1. The summed E-state index contributed by atoms with van der Waals surface area (Å²) in [5.74, 6) is 3.73. The Kier molecular flexibility index (Phi) is 30.2. The maximum absolute atomic E-state index is 14.1. The van der Waals surface area contributed by atoms with Gasteiger partial charge in [0.25, 0.3) is 22.7 Å². The van der Waals surface area contributed by atoms with Crippen molar-refractivity contribution >= 4 is 180 Å². The highest BCUT2D eigenvalue weighted by Crippen LogP contribution is 2.43. The number of ether oxygens (including phenoxy) is 5.